The van der Waals surface area contributed by atoms with Crippen LogP contribution in [0.2, 0.25) is 0 Å². The minimum absolute atomic E-state index is 0.0290. The summed E-state index contributed by atoms with van der Waals surface area (Å²) >= 11 is 0. The second kappa shape index (κ2) is 6.18. The first-order valence-electron chi connectivity index (χ1n) is 5.71. The van der Waals surface area contributed by atoms with Gasteiger partial charge in [-0.15, -0.1) is 0 Å². The number of amides is 1. The summed E-state index contributed by atoms with van der Waals surface area (Å²) in [4.78, 5) is 11.6. The van der Waals surface area contributed by atoms with E-state index in [4.69, 9.17) is 15.2 Å². The number of methoxy groups -OCH3 is 1. The van der Waals surface area contributed by atoms with E-state index in [-0.39, 0.29) is 17.4 Å². The van der Waals surface area contributed by atoms with Gasteiger partial charge in [-0.3, -0.25) is 4.79 Å². The topological polar surface area (TPSA) is 73.6 Å². The number of hydrogen-bond donors (Lipinski definition) is 2. The Morgan fingerprint density at radius 2 is 2.44 bits per heavy atom. The highest BCUT2D eigenvalue weighted by Crippen LogP contribution is 2.21. The molecule has 2 atom stereocenters. The number of ether oxygens (including phenoxy) is 2. The van der Waals surface area contributed by atoms with Crippen molar-refractivity contribution in [2.75, 3.05) is 33.4 Å². The fourth-order valence-electron chi connectivity index (χ4n) is 1.69. The van der Waals surface area contributed by atoms with Crippen LogP contribution in [-0.2, 0) is 14.3 Å². The Bertz CT molecular complexity index is 227. The van der Waals surface area contributed by atoms with Crippen molar-refractivity contribution in [2.45, 2.75) is 25.4 Å². The molecule has 0 aliphatic carbocycles. The van der Waals surface area contributed by atoms with Crippen LogP contribution in [0.15, 0.2) is 0 Å². The third-order valence-corrected chi connectivity index (χ3v) is 3.04. The average molecular weight is 230 g/mol. The molecule has 0 bridgehead atoms. The van der Waals surface area contributed by atoms with Gasteiger partial charge in [-0.05, 0) is 12.5 Å². The van der Waals surface area contributed by atoms with Crippen LogP contribution in [0, 0.1) is 5.92 Å². The quantitative estimate of drug-likeness (QED) is 0.668. The van der Waals surface area contributed by atoms with Crippen LogP contribution < -0.4 is 11.1 Å². The van der Waals surface area contributed by atoms with Gasteiger partial charge in [0.05, 0.1) is 6.61 Å². The minimum atomic E-state index is -0.332. The summed E-state index contributed by atoms with van der Waals surface area (Å²) in [6, 6.07) is 0. The van der Waals surface area contributed by atoms with Gasteiger partial charge in [0, 0.05) is 33.1 Å². The van der Waals surface area contributed by atoms with Gasteiger partial charge in [-0.2, -0.15) is 0 Å². The van der Waals surface area contributed by atoms with Crippen LogP contribution in [0.1, 0.15) is 19.8 Å². The van der Waals surface area contributed by atoms with Crippen molar-refractivity contribution in [2.24, 2.45) is 11.7 Å². The first-order chi connectivity index (χ1) is 7.62. The van der Waals surface area contributed by atoms with Crippen LogP contribution >= 0.6 is 0 Å². The second-order valence-corrected chi connectivity index (χ2v) is 4.51. The van der Waals surface area contributed by atoms with E-state index in [1.165, 1.54) is 0 Å². The smallest absolute Gasteiger partial charge is 0.220 e. The molecule has 3 N–H and O–H groups in total. The zero-order chi connectivity index (χ0) is 12.0. The molecule has 94 valence electrons. The molecule has 0 aromatic heterocycles. The van der Waals surface area contributed by atoms with Gasteiger partial charge < -0.3 is 20.5 Å². The van der Waals surface area contributed by atoms with Gasteiger partial charge in [0.25, 0.3) is 0 Å². The molecule has 0 radical (unpaired) electrons. The lowest BCUT2D eigenvalue weighted by molar-refractivity contribution is -0.123. The third-order valence-electron chi connectivity index (χ3n) is 3.04. The molecular formula is C11H22N2O3. The Morgan fingerprint density at radius 3 is 2.94 bits per heavy atom. The number of nitrogens with two attached hydrogens (primary N) is 1. The zero-order valence-corrected chi connectivity index (χ0v) is 10.1. The van der Waals surface area contributed by atoms with Gasteiger partial charge in [0.2, 0.25) is 5.91 Å². The summed E-state index contributed by atoms with van der Waals surface area (Å²) in [5.74, 6) is 0.250. The van der Waals surface area contributed by atoms with Crippen molar-refractivity contribution in [3.8, 4) is 0 Å². The van der Waals surface area contributed by atoms with Crippen LogP contribution in [0.3, 0.4) is 0 Å². The number of carbonyl (C=O) groups is 1. The Hall–Kier alpha value is -0.650. The molecule has 1 amide bonds. The van der Waals surface area contributed by atoms with Crippen molar-refractivity contribution in [1.82, 2.24) is 5.32 Å². The Morgan fingerprint density at radius 1 is 1.69 bits per heavy atom. The maximum atomic E-state index is 11.6. The van der Waals surface area contributed by atoms with E-state index in [1.807, 2.05) is 6.92 Å². The summed E-state index contributed by atoms with van der Waals surface area (Å²) in [5, 5.41) is 2.88. The first-order valence-corrected chi connectivity index (χ1v) is 5.71. The highest BCUT2D eigenvalue weighted by molar-refractivity contribution is 5.76. The van der Waals surface area contributed by atoms with Crippen molar-refractivity contribution in [1.29, 1.82) is 0 Å². The largest absolute Gasteiger partial charge is 0.378 e. The van der Waals surface area contributed by atoms with Gasteiger partial charge in [-0.1, -0.05) is 6.92 Å². The molecule has 5 heteroatoms. The lowest BCUT2D eigenvalue weighted by atomic mass is 10.0. The third kappa shape index (κ3) is 3.73. The number of nitrogens with one attached hydrogen (secondary N) is 1. The highest BCUT2D eigenvalue weighted by Gasteiger charge is 2.35. The molecule has 1 fully saturated rings. The monoisotopic (exact) mass is 230 g/mol. The SMILES string of the molecule is COC1(CNC(=O)CC(C)CN)CCOC1. The molecule has 1 aliphatic rings. The standard InChI is InChI=1S/C11H22N2O3/c1-9(6-12)5-10(14)13-7-11(15-2)3-4-16-8-11/h9H,3-8,12H2,1-2H3,(H,13,14). The molecule has 0 aromatic carbocycles. The minimum Gasteiger partial charge on any atom is -0.378 e. The maximum absolute atomic E-state index is 11.6. The summed E-state index contributed by atoms with van der Waals surface area (Å²) in [5.41, 5.74) is 5.13. The normalized spacial score (nSPS) is 26.7. The molecule has 1 saturated heterocycles. The van der Waals surface area contributed by atoms with Crippen molar-refractivity contribution in [3.63, 3.8) is 0 Å². The summed E-state index contributed by atoms with van der Waals surface area (Å²) in [6.07, 6.45) is 1.30. The summed E-state index contributed by atoms with van der Waals surface area (Å²) in [6.45, 7) is 4.26. The lowest BCUT2D eigenvalue weighted by Gasteiger charge is -2.26. The number of carbonyl (C=O) groups excluding carboxylic acids is 1. The molecule has 1 aliphatic heterocycles. The molecule has 0 spiro atoms. The Balaban J connectivity index is 2.29. The average Bonchev–Trinajstić information content (AvgIpc) is 2.75. The highest BCUT2D eigenvalue weighted by atomic mass is 16.5. The van der Waals surface area contributed by atoms with Gasteiger partial charge in [0.15, 0.2) is 0 Å². The predicted molar refractivity (Wildman–Crippen MR) is 61.0 cm³/mol. The molecule has 2 unspecified atom stereocenters. The molecule has 5 nitrogen and oxygen atoms in total. The van der Waals surface area contributed by atoms with E-state index in [0.717, 1.165) is 6.42 Å². The fraction of sp³-hybridized carbons (Fsp3) is 0.909. The summed E-state index contributed by atoms with van der Waals surface area (Å²) in [7, 11) is 1.66. The van der Waals surface area contributed by atoms with Crippen molar-refractivity contribution >= 4 is 5.91 Å². The lowest BCUT2D eigenvalue weighted by Crippen LogP contribution is -2.45. The summed E-state index contributed by atoms with van der Waals surface area (Å²) < 4.78 is 10.7. The van der Waals surface area contributed by atoms with Crippen LogP contribution in [0.5, 0.6) is 0 Å². The maximum Gasteiger partial charge on any atom is 0.220 e. The van der Waals surface area contributed by atoms with E-state index in [0.29, 0.717) is 32.7 Å². The van der Waals surface area contributed by atoms with E-state index in [1.54, 1.807) is 7.11 Å². The van der Waals surface area contributed by atoms with Crippen LogP contribution in [0.4, 0.5) is 0 Å². The van der Waals surface area contributed by atoms with E-state index >= 15 is 0 Å². The number of rotatable bonds is 6. The van der Waals surface area contributed by atoms with E-state index in [9.17, 15) is 4.79 Å². The van der Waals surface area contributed by atoms with Crippen molar-refractivity contribution < 1.29 is 14.3 Å². The molecule has 1 rings (SSSR count). The van der Waals surface area contributed by atoms with Gasteiger partial charge >= 0.3 is 0 Å². The molecule has 1 heterocycles. The zero-order valence-electron chi connectivity index (χ0n) is 10.1. The number of hydrogen-bond acceptors (Lipinski definition) is 4. The molecular weight excluding hydrogens is 208 g/mol. The molecule has 0 aromatic rings. The van der Waals surface area contributed by atoms with E-state index in [2.05, 4.69) is 5.32 Å². The van der Waals surface area contributed by atoms with Gasteiger partial charge in [0.1, 0.15) is 5.60 Å². The van der Waals surface area contributed by atoms with E-state index < -0.39 is 0 Å². The van der Waals surface area contributed by atoms with Crippen LogP contribution in [0.25, 0.3) is 0 Å². The fourth-order valence-corrected chi connectivity index (χ4v) is 1.69. The Kier molecular flexibility index (Phi) is 5.18. The second-order valence-electron chi connectivity index (χ2n) is 4.51. The molecule has 16 heavy (non-hydrogen) atoms. The van der Waals surface area contributed by atoms with Crippen molar-refractivity contribution in [3.05, 3.63) is 0 Å². The predicted octanol–water partition coefficient (Wildman–Crippen LogP) is -0.107. The Labute approximate surface area is 96.7 Å². The first kappa shape index (κ1) is 13.4. The molecule has 0 saturated carbocycles. The van der Waals surface area contributed by atoms with Crippen LogP contribution in [-0.4, -0.2) is 44.9 Å². The van der Waals surface area contributed by atoms with Gasteiger partial charge in [-0.25, -0.2) is 0 Å².